The molecular weight excluding hydrogens is 450 g/mol. The molecule has 1 saturated heterocycles. The number of amides is 1. The number of aromatic nitrogens is 1. The molecule has 5 rings (SSSR count). The summed E-state index contributed by atoms with van der Waals surface area (Å²) in [4.78, 5) is 19.2. The van der Waals surface area contributed by atoms with Gasteiger partial charge in [-0.15, -0.1) is 0 Å². The molecule has 0 radical (unpaired) electrons. The number of aliphatic hydroxyl groups excluding tert-OH is 1. The van der Waals surface area contributed by atoms with E-state index in [4.69, 9.17) is 0 Å². The molecule has 2 aromatic carbocycles. The van der Waals surface area contributed by atoms with E-state index < -0.39 is 6.35 Å². The van der Waals surface area contributed by atoms with Crippen molar-refractivity contribution in [3.05, 3.63) is 77.5 Å². The van der Waals surface area contributed by atoms with Crippen LogP contribution in [0.5, 0.6) is 0 Å². The van der Waals surface area contributed by atoms with Gasteiger partial charge in [0.2, 0.25) is 6.35 Å². The van der Waals surface area contributed by atoms with Crippen molar-refractivity contribution in [1.82, 2.24) is 14.4 Å². The number of carbonyl (C=O) groups is 1. The van der Waals surface area contributed by atoms with Gasteiger partial charge in [0.05, 0.1) is 5.69 Å². The second kappa shape index (κ2) is 9.99. The number of aliphatic hydroxyl groups is 1. The fourth-order valence-electron chi connectivity index (χ4n) is 5.46. The third-order valence-electron chi connectivity index (χ3n) is 7.36. The number of benzene rings is 2. The Morgan fingerprint density at radius 2 is 1.78 bits per heavy atom. The standard InChI is InChI=1S/C29H37N5O2/c1-20(2)17-34-25-19-33(18-21-12-14-22(15-13-21)24-11-8-16-31(24)3)27(30-23-9-6-5-7-10-23)26(25)28(35)32(4)29(34)36/h5-7,9-10,12-15,19-20,24,29-30,36H,8,11,16-18H2,1-4H3. The van der Waals surface area contributed by atoms with Gasteiger partial charge in [-0.3, -0.25) is 14.6 Å². The zero-order valence-corrected chi connectivity index (χ0v) is 21.7. The number of para-hydroxylation sites is 1. The van der Waals surface area contributed by atoms with Gasteiger partial charge in [0.25, 0.3) is 5.91 Å². The molecule has 2 atom stereocenters. The van der Waals surface area contributed by atoms with E-state index in [-0.39, 0.29) is 5.91 Å². The first-order valence-corrected chi connectivity index (χ1v) is 12.9. The van der Waals surface area contributed by atoms with Crippen LogP contribution < -0.4 is 10.2 Å². The maximum atomic E-state index is 13.4. The van der Waals surface area contributed by atoms with E-state index in [1.54, 1.807) is 7.05 Å². The summed E-state index contributed by atoms with van der Waals surface area (Å²) >= 11 is 0. The van der Waals surface area contributed by atoms with Gasteiger partial charge in [0, 0.05) is 38.1 Å². The molecule has 2 unspecified atom stereocenters. The second-order valence-electron chi connectivity index (χ2n) is 10.5. The van der Waals surface area contributed by atoms with Crippen LogP contribution in [0.2, 0.25) is 0 Å². The first kappa shape index (κ1) is 24.4. The van der Waals surface area contributed by atoms with Crippen molar-refractivity contribution in [3.63, 3.8) is 0 Å². The summed E-state index contributed by atoms with van der Waals surface area (Å²) in [6.45, 7) is 6.64. The van der Waals surface area contributed by atoms with E-state index >= 15 is 0 Å². The molecule has 1 aromatic heterocycles. The van der Waals surface area contributed by atoms with Crippen LogP contribution in [-0.4, -0.2) is 58.9 Å². The van der Waals surface area contributed by atoms with Gasteiger partial charge in [-0.1, -0.05) is 56.3 Å². The van der Waals surface area contributed by atoms with Gasteiger partial charge >= 0.3 is 0 Å². The number of nitrogens with one attached hydrogen (secondary N) is 1. The van der Waals surface area contributed by atoms with Crippen molar-refractivity contribution >= 4 is 23.1 Å². The zero-order chi connectivity index (χ0) is 25.4. The molecule has 0 saturated carbocycles. The van der Waals surface area contributed by atoms with Crippen LogP contribution in [0.15, 0.2) is 60.8 Å². The monoisotopic (exact) mass is 487 g/mol. The van der Waals surface area contributed by atoms with Crippen molar-refractivity contribution in [1.29, 1.82) is 0 Å². The summed E-state index contributed by atoms with van der Waals surface area (Å²) in [5.41, 5.74) is 4.80. The van der Waals surface area contributed by atoms with Gasteiger partial charge in [0.1, 0.15) is 11.4 Å². The van der Waals surface area contributed by atoms with E-state index in [0.717, 1.165) is 23.7 Å². The first-order valence-electron chi connectivity index (χ1n) is 12.9. The van der Waals surface area contributed by atoms with Crippen LogP contribution >= 0.6 is 0 Å². The molecular formula is C29H37N5O2. The Balaban J connectivity index is 1.53. The lowest BCUT2D eigenvalue weighted by Crippen LogP contribution is -2.54. The molecule has 3 heterocycles. The highest BCUT2D eigenvalue weighted by Crippen LogP contribution is 2.39. The number of hydrogen-bond acceptors (Lipinski definition) is 5. The van der Waals surface area contributed by atoms with Crippen molar-refractivity contribution in [2.45, 2.75) is 45.6 Å². The average Bonchev–Trinajstić information content (AvgIpc) is 3.45. The second-order valence-corrected chi connectivity index (χ2v) is 10.5. The zero-order valence-electron chi connectivity index (χ0n) is 21.7. The molecule has 7 nitrogen and oxygen atoms in total. The molecule has 36 heavy (non-hydrogen) atoms. The average molecular weight is 488 g/mol. The number of carbonyl (C=O) groups excluding carboxylic acids is 1. The third-order valence-corrected chi connectivity index (χ3v) is 7.36. The van der Waals surface area contributed by atoms with E-state index in [0.29, 0.717) is 30.6 Å². The lowest BCUT2D eigenvalue weighted by atomic mass is 10.0. The minimum absolute atomic E-state index is 0.186. The molecule has 1 fully saturated rings. The van der Waals surface area contributed by atoms with Gasteiger partial charge in [0.15, 0.2) is 0 Å². The molecule has 0 spiro atoms. The predicted molar refractivity (Wildman–Crippen MR) is 145 cm³/mol. The van der Waals surface area contributed by atoms with Crippen LogP contribution in [-0.2, 0) is 6.54 Å². The summed E-state index contributed by atoms with van der Waals surface area (Å²) in [6, 6.07) is 19.3. The number of rotatable bonds is 7. The quantitative estimate of drug-likeness (QED) is 0.498. The van der Waals surface area contributed by atoms with Gasteiger partial charge in [-0.25, -0.2) is 0 Å². The maximum absolute atomic E-state index is 13.4. The number of hydrogen-bond donors (Lipinski definition) is 2. The fraction of sp³-hybridized carbons (Fsp3) is 0.414. The summed E-state index contributed by atoms with van der Waals surface area (Å²) in [7, 11) is 3.86. The molecule has 2 N–H and O–H groups in total. The van der Waals surface area contributed by atoms with E-state index in [9.17, 15) is 9.90 Å². The molecule has 7 heteroatoms. The Labute approximate surface area is 213 Å². The smallest absolute Gasteiger partial charge is 0.262 e. The van der Waals surface area contributed by atoms with E-state index in [1.165, 1.54) is 28.9 Å². The topological polar surface area (TPSA) is 64.0 Å². The maximum Gasteiger partial charge on any atom is 0.262 e. The number of fused-ring (bicyclic) bond motifs is 1. The van der Waals surface area contributed by atoms with E-state index in [1.807, 2.05) is 41.4 Å². The molecule has 2 aliphatic heterocycles. The number of likely N-dealkylation sites (tertiary alicyclic amines) is 1. The molecule has 190 valence electrons. The predicted octanol–water partition coefficient (Wildman–Crippen LogP) is 4.87. The summed E-state index contributed by atoms with van der Waals surface area (Å²) in [5.74, 6) is 0.881. The highest BCUT2D eigenvalue weighted by molar-refractivity contribution is 6.07. The molecule has 1 amide bonds. The molecule has 2 aliphatic rings. The SMILES string of the molecule is CC(C)CN1c2cn(Cc3ccc(C4CCCN4C)cc3)c(Nc3ccccc3)c2C(=O)N(C)C1O. The molecule has 0 bridgehead atoms. The summed E-state index contributed by atoms with van der Waals surface area (Å²) in [5, 5.41) is 14.4. The van der Waals surface area contributed by atoms with Crippen LogP contribution in [0.3, 0.4) is 0 Å². The number of anilines is 3. The molecule has 0 aliphatic carbocycles. The Bertz CT molecular complexity index is 1200. The normalized spacial score (nSPS) is 20.3. The Morgan fingerprint density at radius 1 is 1.06 bits per heavy atom. The number of nitrogens with zero attached hydrogens (tertiary/aromatic N) is 4. The fourth-order valence-corrected chi connectivity index (χ4v) is 5.46. The Kier molecular flexibility index (Phi) is 6.77. The Morgan fingerprint density at radius 3 is 2.42 bits per heavy atom. The lowest BCUT2D eigenvalue weighted by molar-refractivity contribution is 0.0129. The molecule has 3 aromatic rings. The van der Waals surface area contributed by atoms with Gasteiger partial charge < -0.3 is 19.9 Å². The highest BCUT2D eigenvalue weighted by Gasteiger charge is 2.38. The van der Waals surface area contributed by atoms with Crippen LogP contribution in [0.25, 0.3) is 0 Å². The van der Waals surface area contributed by atoms with Gasteiger partial charge in [-0.05, 0) is 55.6 Å². The van der Waals surface area contributed by atoms with Crippen molar-refractivity contribution in [2.75, 3.05) is 37.4 Å². The van der Waals surface area contributed by atoms with Crippen molar-refractivity contribution in [3.8, 4) is 0 Å². The first-order chi connectivity index (χ1) is 17.3. The third kappa shape index (κ3) is 4.61. The van der Waals surface area contributed by atoms with Crippen molar-refractivity contribution < 1.29 is 9.90 Å². The van der Waals surface area contributed by atoms with E-state index in [2.05, 4.69) is 59.9 Å². The van der Waals surface area contributed by atoms with Crippen LogP contribution in [0.1, 0.15) is 54.2 Å². The summed E-state index contributed by atoms with van der Waals surface area (Å²) in [6.07, 6.45) is 3.47. The van der Waals surface area contributed by atoms with Gasteiger partial charge in [-0.2, -0.15) is 0 Å². The van der Waals surface area contributed by atoms with Crippen LogP contribution in [0, 0.1) is 5.92 Å². The highest BCUT2D eigenvalue weighted by atomic mass is 16.3. The van der Waals surface area contributed by atoms with Crippen LogP contribution in [0.4, 0.5) is 17.2 Å². The Hall–Kier alpha value is -3.29. The largest absolute Gasteiger partial charge is 0.356 e. The minimum Gasteiger partial charge on any atom is -0.356 e. The minimum atomic E-state index is -0.990. The van der Waals surface area contributed by atoms with Crippen molar-refractivity contribution in [2.24, 2.45) is 5.92 Å². The lowest BCUT2D eigenvalue weighted by Gasteiger charge is -2.40. The summed E-state index contributed by atoms with van der Waals surface area (Å²) < 4.78 is 2.10.